The van der Waals surface area contributed by atoms with Crippen molar-refractivity contribution in [1.29, 1.82) is 0 Å². The lowest BCUT2D eigenvalue weighted by Crippen LogP contribution is -2.16. The Morgan fingerprint density at radius 1 is 1.35 bits per heavy atom. The molecular formula is C16H20N2OS. The number of nitrogens with zero attached hydrogens (tertiary/aromatic N) is 2. The monoisotopic (exact) mass is 288 g/mol. The van der Waals surface area contributed by atoms with Gasteiger partial charge < -0.3 is 10.0 Å². The smallest absolute Gasteiger partial charge is 0.185 e. The summed E-state index contributed by atoms with van der Waals surface area (Å²) in [7, 11) is 2.07. The van der Waals surface area contributed by atoms with Gasteiger partial charge in [-0.25, -0.2) is 4.98 Å². The van der Waals surface area contributed by atoms with Gasteiger partial charge in [-0.05, 0) is 30.9 Å². The highest BCUT2D eigenvalue weighted by atomic mass is 32.1. The van der Waals surface area contributed by atoms with Gasteiger partial charge in [-0.3, -0.25) is 0 Å². The highest BCUT2D eigenvalue weighted by molar-refractivity contribution is 7.15. The molecule has 20 heavy (non-hydrogen) atoms. The van der Waals surface area contributed by atoms with Gasteiger partial charge in [-0.15, -0.1) is 0 Å². The zero-order valence-corrected chi connectivity index (χ0v) is 12.8. The van der Waals surface area contributed by atoms with Crippen LogP contribution in [0.1, 0.15) is 40.5 Å². The Bertz CT molecular complexity index is 604. The van der Waals surface area contributed by atoms with E-state index in [1.54, 1.807) is 11.3 Å². The summed E-state index contributed by atoms with van der Waals surface area (Å²) in [4.78, 5) is 7.97. The molecule has 0 amide bonds. The van der Waals surface area contributed by atoms with Crippen LogP contribution in [0.5, 0.6) is 0 Å². The molecule has 0 bridgehead atoms. The van der Waals surface area contributed by atoms with Gasteiger partial charge in [0, 0.05) is 19.5 Å². The van der Waals surface area contributed by atoms with Gasteiger partial charge in [0.2, 0.25) is 0 Å². The molecule has 1 heterocycles. The number of aliphatic hydroxyl groups excluding tert-OH is 1. The third kappa shape index (κ3) is 2.72. The minimum atomic E-state index is 0.113. The van der Waals surface area contributed by atoms with Crippen LogP contribution >= 0.6 is 11.3 Å². The first-order valence-corrected chi connectivity index (χ1v) is 7.86. The predicted octanol–water partition coefficient (Wildman–Crippen LogP) is 3.46. The summed E-state index contributed by atoms with van der Waals surface area (Å²) < 4.78 is 0. The molecule has 1 aromatic carbocycles. The van der Waals surface area contributed by atoms with Crippen molar-refractivity contribution < 1.29 is 5.11 Å². The van der Waals surface area contributed by atoms with Crippen molar-refractivity contribution in [3.63, 3.8) is 0 Å². The first-order valence-electron chi connectivity index (χ1n) is 7.05. The molecule has 0 spiro atoms. The molecule has 106 valence electrons. The van der Waals surface area contributed by atoms with E-state index in [9.17, 15) is 5.11 Å². The van der Waals surface area contributed by atoms with E-state index < -0.39 is 0 Å². The average molecular weight is 288 g/mol. The first-order chi connectivity index (χ1) is 9.69. The zero-order chi connectivity index (χ0) is 14.1. The van der Waals surface area contributed by atoms with Crippen LogP contribution in [0.2, 0.25) is 0 Å². The van der Waals surface area contributed by atoms with E-state index in [0.717, 1.165) is 22.2 Å². The Hall–Kier alpha value is -1.39. The summed E-state index contributed by atoms with van der Waals surface area (Å²) in [5.74, 6) is 0.592. The average Bonchev–Trinajstić information content (AvgIpc) is 3.20. The molecule has 1 fully saturated rings. The normalized spacial score (nSPS) is 14.6. The summed E-state index contributed by atoms with van der Waals surface area (Å²) >= 11 is 1.63. The molecule has 2 aromatic rings. The van der Waals surface area contributed by atoms with E-state index in [0.29, 0.717) is 5.92 Å². The number of aromatic nitrogens is 1. The fourth-order valence-electron chi connectivity index (χ4n) is 2.41. The fraction of sp³-hybridized carbons (Fsp3) is 0.438. The Balaban J connectivity index is 1.80. The highest BCUT2D eigenvalue weighted by Gasteiger charge is 2.29. The number of benzene rings is 1. The molecule has 0 saturated heterocycles. The third-order valence-corrected chi connectivity index (χ3v) is 4.99. The molecule has 1 aromatic heterocycles. The minimum absolute atomic E-state index is 0.113. The van der Waals surface area contributed by atoms with Crippen LogP contribution in [0, 0.1) is 6.92 Å². The summed E-state index contributed by atoms with van der Waals surface area (Å²) in [6.45, 7) is 3.11. The van der Waals surface area contributed by atoms with Crippen LogP contribution in [0.25, 0.3) is 0 Å². The molecular weight excluding hydrogens is 268 g/mol. The Morgan fingerprint density at radius 3 is 2.75 bits per heavy atom. The van der Waals surface area contributed by atoms with Crippen molar-refractivity contribution in [2.75, 3.05) is 11.9 Å². The number of aliphatic hydroxyl groups is 1. The SMILES string of the molecule is Cc1ccccc1CN(C)c1nc(C2CC2)c(CO)s1. The van der Waals surface area contributed by atoms with E-state index in [2.05, 4.69) is 43.1 Å². The molecule has 1 aliphatic carbocycles. The fourth-order valence-corrected chi connectivity index (χ4v) is 3.38. The van der Waals surface area contributed by atoms with Crippen molar-refractivity contribution in [2.24, 2.45) is 0 Å². The van der Waals surface area contributed by atoms with E-state index in [4.69, 9.17) is 4.98 Å². The van der Waals surface area contributed by atoms with E-state index in [1.165, 1.54) is 24.0 Å². The number of hydrogen-bond donors (Lipinski definition) is 1. The van der Waals surface area contributed by atoms with Gasteiger partial charge in [0.1, 0.15) is 0 Å². The molecule has 3 nitrogen and oxygen atoms in total. The van der Waals surface area contributed by atoms with Gasteiger partial charge >= 0.3 is 0 Å². The van der Waals surface area contributed by atoms with Crippen LogP contribution in [0.4, 0.5) is 5.13 Å². The van der Waals surface area contributed by atoms with Gasteiger partial charge in [-0.1, -0.05) is 35.6 Å². The van der Waals surface area contributed by atoms with Gasteiger partial charge in [0.15, 0.2) is 5.13 Å². The second-order valence-corrected chi connectivity index (χ2v) is 6.58. The summed E-state index contributed by atoms with van der Waals surface area (Å²) in [6.07, 6.45) is 2.44. The molecule has 0 aliphatic heterocycles. The van der Waals surface area contributed by atoms with Crippen molar-refractivity contribution in [3.8, 4) is 0 Å². The largest absolute Gasteiger partial charge is 0.391 e. The number of aryl methyl sites for hydroxylation is 1. The van der Waals surface area contributed by atoms with Crippen LogP contribution in [-0.4, -0.2) is 17.1 Å². The first kappa shape index (κ1) is 13.6. The van der Waals surface area contributed by atoms with E-state index in [1.807, 2.05) is 0 Å². The van der Waals surface area contributed by atoms with Gasteiger partial charge in [-0.2, -0.15) is 0 Å². The number of anilines is 1. The lowest BCUT2D eigenvalue weighted by Gasteiger charge is -2.17. The maximum Gasteiger partial charge on any atom is 0.185 e. The summed E-state index contributed by atoms with van der Waals surface area (Å²) in [5.41, 5.74) is 3.76. The number of hydrogen-bond acceptors (Lipinski definition) is 4. The molecule has 0 atom stereocenters. The Labute approximate surface area is 123 Å². The zero-order valence-electron chi connectivity index (χ0n) is 12.0. The molecule has 3 rings (SSSR count). The molecule has 4 heteroatoms. The molecule has 1 N–H and O–H groups in total. The number of thiazole rings is 1. The summed E-state index contributed by atoms with van der Waals surface area (Å²) in [6, 6.07) is 8.44. The Morgan fingerprint density at radius 2 is 2.10 bits per heavy atom. The molecule has 1 saturated carbocycles. The second kappa shape index (κ2) is 5.54. The van der Waals surface area contributed by atoms with E-state index >= 15 is 0 Å². The number of rotatable bonds is 5. The van der Waals surface area contributed by atoms with Crippen molar-refractivity contribution in [3.05, 3.63) is 46.0 Å². The lowest BCUT2D eigenvalue weighted by molar-refractivity contribution is 0.284. The van der Waals surface area contributed by atoms with Crippen LogP contribution in [0.15, 0.2) is 24.3 Å². The third-order valence-electron chi connectivity index (χ3n) is 3.82. The minimum Gasteiger partial charge on any atom is -0.391 e. The topological polar surface area (TPSA) is 36.4 Å². The van der Waals surface area contributed by atoms with E-state index in [-0.39, 0.29) is 6.61 Å². The lowest BCUT2D eigenvalue weighted by atomic mass is 10.1. The Kier molecular flexibility index (Phi) is 3.76. The standard InChI is InChI=1S/C16H20N2OS/c1-11-5-3-4-6-13(11)9-18(2)16-17-15(12-7-8-12)14(10-19)20-16/h3-6,12,19H,7-10H2,1-2H3. The maximum absolute atomic E-state index is 9.48. The van der Waals surface area contributed by atoms with Crippen molar-refractivity contribution in [1.82, 2.24) is 4.98 Å². The van der Waals surface area contributed by atoms with Gasteiger partial charge in [0.25, 0.3) is 0 Å². The molecule has 1 aliphatic rings. The highest BCUT2D eigenvalue weighted by Crippen LogP contribution is 2.44. The van der Waals surface area contributed by atoms with Crippen molar-refractivity contribution >= 4 is 16.5 Å². The van der Waals surface area contributed by atoms with Crippen molar-refractivity contribution in [2.45, 2.75) is 38.8 Å². The van der Waals surface area contributed by atoms with Crippen LogP contribution < -0.4 is 4.90 Å². The quantitative estimate of drug-likeness (QED) is 0.915. The molecule has 0 radical (unpaired) electrons. The second-order valence-electron chi connectivity index (χ2n) is 5.52. The van der Waals surface area contributed by atoms with Crippen LogP contribution in [0.3, 0.4) is 0 Å². The van der Waals surface area contributed by atoms with Gasteiger partial charge in [0.05, 0.1) is 17.2 Å². The maximum atomic E-state index is 9.48. The predicted molar refractivity (Wildman–Crippen MR) is 83.3 cm³/mol. The summed E-state index contributed by atoms with van der Waals surface area (Å²) in [5, 5.41) is 10.5. The molecule has 0 unspecified atom stereocenters. The van der Waals surface area contributed by atoms with Crippen LogP contribution in [-0.2, 0) is 13.2 Å².